The van der Waals surface area contributed by atoms with Crippen LogP contribution in [0.4, 0.5) is 15.2 Å². The number of nitrogens with one attached hydrogen (secondary N) is 1. The average Bonchev–Trinajstić information content (AvgIpc) is 3.25. The molecule has 1 N–H and O–H groups in total. The Morgan fingerprint density at radius 1 is 1.12 bits per heavy atom. The zero-order valence-corrected chi connectivity index (χ0v) is 18.6. The summed E-state index contributed by atoms with van der Waals surface area (Å²) in [5, 5.41) is 5.49. The van der Waals surface area contributed by atoms with Crippen LogP contribution in [0.2, 0.25) is 0 Å². The first-order valence-electron chi connectivity index (χ1n) is 10.6. The number of thiazole rings is 1. The third-order valence-electron chi connectivity index (χ3n) is 5.48. The number of rotatable bonds is 6. The second-order valence-electron chi connectivity index (χ2n) is 7.82. The number of halogens is 1. The molecule has 1 aromatic heterocycles. The molecule has 32 heavy (non-hydrogen) atoms. The van der Waals surface area contributed by atoms with Gasteiger partial charge in [0.1, 0.15) is 5.82 Å². The minimum absolute atomic E-state index is 0.0364. The van der Waals surface area contributed by atoms with Crippen LogP contribution in [0.25, 0.3) is 0 Å². The second-order valence-corrected chi connectivity index (χ2v) is 8.65. The summed E-state index contributed by atoms with van der Waals surface area (Å²) in [6.45, 7) is 3.74. The zero-order valence-electron chi connectivity index (χ0n) is 17.8. The van der Waals surface area contributed by atoms with E-state index in [0.29, 0.717) is 17.2 Å². The molecule has 2 heterocycles. The molecular weight excluding hydrogens is 427 g/mol. The van der Waals surface area contributed by atoms with Gasteiger partial charge in [0.15, 0.2) is 5.13 Å². The average molecular weight is 453 g/mol. The third kappa shape index (κ3) is 5.20. The first-order valence-corrected chi connectivity index (χ1v) is 11.5. The Balaban J connectivity index is 1.34. The number of carbonyl (C=O) groups excluding carboxylic acids is 2. The van der Waals surface area contributed by atoms with Crippen molar-refractivity contribution in [1.82, 2.24) is 15.2 Å². The van der Waals surface area contributed by atoms with Gasteiger partial charge in [0.2, 0.25) is 5.91 Å². The monoisotopic (exact) mass is 452 g/mol. The molecule has 0 unspecified atom stereocenters. The van der Waals surface area contributed by atoms with E-state index in [1.54, 1.807) is 18.2 Å². The third-order valence-corrected chi connectivity index (χ3v) is 6.36. The number of benzene rings is 2. The van der Waals surface area contributed by atoms with Crippen molar-refractivity contribution in [1.29, 1.82) is 0 Å². The van der Waals surface area contributed by atoms with Gasteiger partial charge in [-0.25, -0.2) is 9.37 Å². The number of anilines is 2. The van der Waals surface area contributed by atoms with E-state index in [9.17, 15) is 14.0 Å². The van der Waals surface area contributed by atoms with Gasteiger partial charge in [-0.3, -0.25) is 19.4 Å². The van der Waals surface area contributed by atoms with E-state index in [4.69, 9.17) is 0 Å². The van der Waals surface area contributed by atoms with Crippen molar-refractivity contribution in [3.63, 3.8) is 0 Å². The number of hydrogen-bond donors (Lipinski definition) is 1. The Hall–Kier alpha value is -3.10. The van der Waals surface area contributed by atoms with Crippen LogP contribution < -0.4 is 10.2 Å². The SMILES string of the molecule is CC(=O)N(c1nc(CN2CCC(NC(=O)c3ccccc3)CC2)cs1)c1ccccc1F. The van der Waals surface area contributed by atoms with Crippen LogP contribution in [0.1, 0.15) is 35.8 Å². The Bertz CT molecular complexity index is 1080. The largest absolute Gasteiger partial charge is 0.349 e. The standard InChI is InChI=1S/C24H25FN4O2S/c1-17(30)29(22-10-6-5-9-21(22)25)24-27-20(16-32-24)15-28-13-11-19(12-14-28)26-23(31)18-7-3-2-4-8-18/h2-10,16,19H,11-15H2,1H3,(H,26,31). The molecule has 1 fully saturated rings. The summed E-state index contributed by atoms with van der Waals surface area (Å²) >= 11 is 1.33. The van der Waals surface area contributed by atoms with Crippen molar-refractivity contribution < 1.29 is 14.0 Å². The van der Waals surface area contributed by atoms with Gasteiger partial charge >= 0.3 is 0 Å². The minimum Gasteiger partial charge on any atom is -0.349 e. The maximum Gasteiger partial charge on any atom is 0.251 e. The highest BCUT2D eigenvalue weighted by Gasteiger charge is 2.24. The van der Waals surface area contributed by atoms with Crippen LogP contribution in [0.3, 0.4) is 0 Å². The Morgan fingerprint density at radius 3 is 2.50 bits per heavy atom. The van der Waals surface area contributed by atoms with Crippen molar-refractivity contribution in [2.75, 3.05) is 18.0 Å². The lowest BCUT2D eigenvalue weighted by Crippen LogP contribution is -2.44. The lowest BCUT2D eigenvalue weighted by atomic mass is 10.0. The number of hydrogen-bond acceptors (Lipinski definition) is 5. The lowest BCUT2D eigenvalue weighted by molar-refractivity contribution is -0.115. The summed E-state index contributed by atoms with van der Waals surface area (Å²) in [5.41, 5.74) is 1.73. The molecule has 0 spiro atoms. The minimum atomic E-state index is -0.459. The van der Waals surface area contributed by atoms with Gasteiger partial charge in [0, 0.05) is 43.5 Å². The molecular formula is C24H25FN4O2S. The molecule has 2 amide bonds. The van der Waals surface area contributed by atoms with Crippen molar-refractivity contribution in [3.8, 4) is 0 Å². The van der Waals surface area contributed by atoms with E-state index >= 15 is 0 Å². The highest BCUT2D eigenvalue weighted by molar-refractivity contribution is 7.14. The topological polar surface area (TPSA) is 65.5 Å². The fourth-order valence-electron chi connectivity index (χ4n) is 3.83. The first kappa shape index (κ1) is 22.1. The summed E-state index contributed by atoms with van der Waals surface area (Å²) in [7, 11) is 0. The summed E-state index contributed by atoms with van der Waals surface area (Å²) < 4.78 is 14.2. The molecule has 1 aliphatic heterocycles. The maximum atomic E-state index is 14.2. The highest BCUT2D eigenvalue weighted by atomic mass is 32.1. The van der Waals surface area contributed by atoms with Crippen molar-refractivity contribution in [2.24, 2.45) is 0 Å². The van der Waals surface area contributed by atoms with Gasteiger partial charge < -0.3 is 5.32 Å². The second kappa shape index (κ2) is 10.0. The van der Waals surface area contributed by atoms with Crippen LogP contribution >= 0.6 is 11.3 Å². The van der Waals surface area contributed by atoms with Crippen molar-refractivity contribution in [3.05, 3.63) is 77.1 Å². The zero-order chi connectivity index (χ0) is 22.5. The quantitative estimate of drug-likeness (QED) is 0.604. The summed E-state index contributed by atoms with van der Waals surface area (Å²) in [6, 6.07) is 15.6. The lowest BCUT2D eigenvalue weighted by Gasteiger charge is -2.31. The molecule has 0 bridgehead atoms. The van der Waals surface area contributed by atoms with Gasteiger partial charge in [-0.15, -0.1) is 11.3 Å². The number of piperidine rings is 1. The normalized spacial score (nSPS) is 14.8. The predicted molar refractivity (Wildman–Crippen MR) is 124 cm³/mol. The molecule has 4 rings (SSSR count). The van der Waals surface area contributed by atoms with Crippen LogP contribution in [0.5, 0.6) is 0 Å². The van der Waals surface area contributed by atoms with E-state index in [1.165, 1.54) is 29.2 Å². The Labute approximate surface area is 190 Å². The van der Waals surface area contributed by atoms with E-state index in [1.807, 2.05) is 35.7 Å². The Kier molecular flexibility index (Phi) is 6.92. The molecule has 0 atom stereocenters. The molecule has 6 nitrogen and oxygen atoms in total. The van der Waals surface area contributed by atoms with E-state index in [-0.39, 0.29) is 23.5 Å². The molecule has 166 valence electrons. The molecule has 1 aliphatic rings. The molecule has 0 saturated carbocycles. The fourth-order valence-corrected chi connectivity index (χ4v) is 4.71. The molecule has 0 radical (unpaired) electrons. The van der Waals surface area contributed by atoms with Gasteiger partial charge in [-0.2, -0.15) is 0 Å². The first-order chi connectivity index (χ1) is 15.5. The van der Waals surface area contributed by atoms with Gasteiger partial charge in [0.05, 0.1) is 11.4 Å². The van der Waals surface area contributed by atoms with Crippen molar-refractivity contribution >= 4 is 34.0 Å². The van der Waals surface area contributed by atoms with E-state index < -0.39 is 5.82 Å². The van der Waals surface area contributed by atoms with Gasteiger partial charge in [0.25, 0.3) is 5.91 Å². The number of likely N-dealkylation sites (tertiary alicyclic amines) is 1. The molecule has 1 saturated heterocycles. The molecule has 3 aromatic rings. The van der Waals surface area contributed by atoms with Gasteiger partial charge in [-0.1, -0.05) is 30.3 Å². The highest BCUT2D eigenvalue weighted by Crippen LogP contribution is 2.31. The van der Waals surface area contributed by atoms with E-state index in [2.05, 4.69) is 15.2 Å². The van der Waals surface area contributed by atoms with Crippen LogP contribution in [0.15, 0.2) is 60.0 Å². The Morgan fingerprint density at radius 2 is 1.81 bits per heavy atom. The number of carbonyl (C=O) groups is 2. The maximum absolute atomic E-state index is 14.2. The van der Waals surface area contributed by atoms with Crippen molar-refractivity contribution in [2.45, 2.75) is 32.4 Å². The van der Waals surface area contributed by atoms with E-state index in [0.717, 1.165) is 31.6 Å². The molecule has 8 heteroatoms. The van der Waals surface area contributed by atoms with Gasteiger partial charge in [-0.05, 0) is 37.1 Å². The number of amides is 2. The summed E-state index contributed by atoms with van der Waals surface area (Å²) in [5.74, 6) is -0.782. The summed E-state index contributed by atoms with van der Waals surface area (Å²) in [6.07, 6.45) is 1.73. The molecule has 0 aliphatic carbocycles. The number of nitrogens with zero attached hydrogens (tertiary/aromatic N) is 3. The van der Waals surface area contributed by atoms with Crippen LogP contribution in [-0.4, -0.2) is 40.8 Å². The van der Waals surface area contributed by atoms with Crippen LogP contribution in [-0.2, 0) is 11.3 Å². The number of aromatic nitrogens is 1. The predicted octanol–water partition coefficient (Wildman–Crippen LogP) is 4.36. The smallest absolute Gasteiger partial charge is 0.251 e. The molecule has 2 aromatic carbocycles. The van der Waals surface area contributed by atoms with Crippen LogP contribution in [0, 0.1) is 5.82 Å². The number of para-hydroxylation sites is 1. The summed E-state index contributed by atoms with van der Waals surface area (Å²) in [4.78, 5) is 32.8. The fraction of sp³-hybridized carbons (Fsp3) is 0.292.